The summed E-state index contributed by atoms with van der Waals surface area (Å²) in [5.41, 5.74) is 8.67. The molecule has 0 radical (unpaired) electrons. The van der Waals surface area contributed by atoms with E-state index in [0.717, 1.165) is 16.8 Å². The summed E-state index contributed by atoms with van der Waals surface area (Å²) in [6, 6.07) is 5.54. The number of nitrogens with one attached hydrogen (secondary N) is 1. The number of hydrogen-bond donors (Lipinski definition) is 2. The third-order valence-electron chi connectivity index (χ3n) is 2.59. The van der Waals surface area contributed by atoms with Crippen LogP contribution in [0.3, 0.4) is 0 Å². The molecule has 0 aliphatic heterocycles. The minimum Gasteiger partial charge on any atom is -0.324 e. The fourth-order valence-corrected chi connectivity index (χ4v) is 1.58. The Morgan fingerprint density at radius 3 is 2.35 bits per heavy atom. The second kappa shape index (κ2) is 6.62. The van der Waals surface area contributed by atoms with Crippen molar-refractivity contribution in [3.8, 4) is 0 Å². The highest BCUT2D eigenvalue weighted by molar-refractivity contribution is 5.95. The van der Waals surface area contributed by atoms with Gasteiger partial charge in [0.25, 0.3) is 0 Å². The van der Waals surface area contributed by atoms with Crippen molar-refractivity contribution in [2.75, 3.05) is 5.32 Å². The topological polar surface area (TPSA) is 55.1 Å². The molecule has 0 bridgehead atoms. The van der Waals surface area contributed by atoms with Crippen molar-refractivity contribution in [3.05, 3.63) is 29.3 Å². The molecule has 96 valence electrons. The van der Waals surface area contributed by atoms with Crippen molar-refractivity contribution in [2.45, 2.75) is 39.7 Å². The molecule has 1 atom stereocenters. The molecule has 1 amide bonds. The summed E-state index contributed by atoms with van der Waals surface area (Å²) in [6.07, 6.45) is 0. The number of carbonyl (C=O) groups is 1. The predicted octanol–water partition coefficient (Wildman–Crippen LogP) is 2.83. The van der Waals surface area contributed by atoms with Gasteiger partial charge in [-0.15, -0.1) is 12.4 Å². The Bertz CT molecular complexity index is 389. The van der Waals surface area contributed by atoms with Gasteiger partial charge < -0.3 is 11.1 Å². The highest BCUT2D eigenvalue weighted by Gasteiger charge is 2.13. The van der Waals surface area contributed by atoms with Gasteiger partial charge in [0.1, 0.15) is 0 Å². The van der Waals surface area contributed by atoms with Gasteiger partial charge in [-0.3, -0.25) is 4.79 Å². The maximum absolute atomic E-state index is 11.6. The number of rotatable bonds is 3. The molecule has 0 aliphatic rings. The van der Waals surface area contributed by atoms with Crippen LogP contribution >= 0.6 is 12.4 Å². The molecule has 1 rings (SSSR count). The number of hydrogen-bond acceptors (Lipinski definition) is 2. The summed E-state index contributed by atoms with van der Waals surface area (Å²) >= 11 is 0. The lowest BCUT2D eigenvalue weighted by Crippen LogP contribution is -2.33. The van der Waals surface area contributed by atoms with E-state index in [1.165, 1.54) is 0 Å². The number of aryl methyl sites for hydroxylation is 1. The van der Waals surface area contributed by atoms with Gasteiger partial charge in [-0.1, -0.05) is 32.0 Å². The lowest BCUT2D eigenvalue weighted by atomic mass is 9.98. The first-order valence-corrected chi connectivity index (χ1v) is 5.59. The number of para-hydroxylation sites is 1. The van der Waals surface area contributed by atoms with Crippen molar-refractivity contribution < 1.29 is 4.79 Å². The van der Waals surface area contributed by atoms with E-state index < -0.39 is 6.04 Å². The number of benzene rings is 1. The van der Waals surface area contributed by atoms with Gasteiger partial charge in [-0.25, -0.2) is 0 Å². The van der Waals surface area contributed by atoms with Crippen LogP contribution in [0.5, 0.6) is 0 Å². The molecule has 17 heavy (non-hydrogen) atoms. The monoisotopic (exact) mass is 256 g/mol. The molecule has 1 unspecified atom stereocenters. The van der Waals surface area contributed by atoms with E-state index in [0.29, 0.717) is 5.92 Å². The van der Waals surface area contributed by atoms with Gasteiger partial charge in [0, 0.05) is 5.69 Å². The van der Waals surface area contributed by atoms with Crippen LogP contribution in [0.4, 0.5) is 5.69 Å². The number of anilines is 1. The minimum absolute atomic E-state index is 0. The van der Waals surface area contributed by atoms with Crippen LogP contribution in [0, 0.1) is 6.92 Å². The quantitative estimate of drug-likeness (QED) is 0.874. The Hall–Kier alpha value is -1.06. The molecule has 1 aromatic rings. The lowest BCUT2D eigenvalue weighted by molar-refractivity contribution is -0.117. The number of amides is 1. The van der Waals surface area contributed by atoms with Crippen LogP contribution in [-0.4, -0.2) is 11.9 Å². The summed E-state index contributed by atoms with van der Waals surface area (Å²) in [4.78, 5) is 11.6. The first-order valence-electron chi connectivity index (χ1n) is 5.59. The van der Waals surface area contributed by atoms with E-state index in [9.17, 15) is 4.79 Å². The first-order chi connectivity index (χ1) is 7.43. The molecule has 0 spiro atoms. The third kappa shape index (κ3) is 4.02. The average molecular weight is 257 g/mol. The second-order valence-corrected chi connectivity index (χ2v) is 4.47. The molecule has 0 aromatic heterocycles. The SMILES string of the molecule is Cc1cccc(C(C)C)c1NC(=O)C(C)N.Cl. The van der Waals surface area contributed by atoms with E-state index in [1.807, 2.05) is 25.1 Å². The molecule has 1 aromatic carbocycles. The molecular weight excluding hydrogens is 236 g/mol. The third-order valence-corrected chi connectivity index (χ3v) is 2.59. The molecule has 0 saturated carbocycles. The van der Waals surface area contributed by atoms with Crippen LogP contribution in [-0.2, 0) is 4.79 Å². The van der Waals surface area contributed by atoms with Gasteiger partial charge in [0.05, 0.1) is 6.04 Å². The Kier molecular flexibility index (Phi) is 6.21. The van der Waals surface area contributed by atoms with Gasteiger partial charge >= 0.3 is 0 Å². The molecule has 0 fully saturated rings. The molecule has 3 N–H and O–H groups in total. The zero-order chi connectivity index (χ0) is 12.3. The summed E-state index contributed by atoms with van der Waals surface area (Å²) in [5.74, 6) is 0.236. The summed E-state index contributed by atoms with van der Waals surface area (Å²) < 4.78 is 0. The Morgan fingerprint density at radius 2 is 1.88 bits per heavy atom. The molecule has 4 heteroatoms. The normalized spacial score (nSPS) is 11.9. The fraction of sp³-hybridized carbons (Fsp3) is 0.462. The van der Waals surface area contributed by atoms with Gasteiger partial charge in [-0.05, 0) is 30.9 Å². The number of halogens is 1. The largest absolute Gasteiger partial charge is 0.324 e. The van der Waals surface area contributed by atoms with Crippen LogP contribution in [0.2, 0.25) is 0 Å². The van der Waals surface area contributed by atoms with Crippen LogP contribution in [0.1, 0.15) is 37.8 Å². The van der Waals surface area contributed by atoms with Crippen molar-refractivity contribution in [3.63, 3.8) is 0 Å². The molecule has 3 nitrogen and oxygen atoms in total. The Balaban J connectivity index is 0.00000256. The predicted molar refractivity (Wildman–Crippen MR) is 74.8 cm³/mol. The van der Waals surface area contributed by atoms with Crippen LogP contribution < -0.4 is 11.1 Å². The minimum atomic E-state index is -0.486. The van der Waals surface area contributed by atoms with Gasteiger partial charge in [0.15, 0.2) is 0 Å². The van der Waals surface area contributed by atoms with Crippen LogP contribution in [0.25, 0.3) is 0 Å². The molecular formula is C13H21ClN2O. The van der Waals surface area contributed by atoms with Crippen molar-refractivity contribution in [1.82, 2.24) is 0 Å². The molecule has 0 saturated heterocycles. The van der Waals surface area contributed by atoms with Gasteiger partial charge in [-0.2, -0.15) is 0 Å². The Morgan fingerprint density at radius 1 is 1.29 bits per heavy atom. The standard InChI is InChI=1S/C13H20N2O.ClH/c1-8(2)11-7-5-6-9(3)12(11)15-13(16)10(4)14;/h5-8,10H,14H2,1-4H3,(H,15,16);1H. The molecule has 0 heterocycles. The zero-order valence-corrected chi connectivity index (χ0v) is 11.6. The van der Waals surface area contributed by atoms with E-state index in [-0.39, 0.29) is 18.3 Å². The summed E-state index contributed by atoms with van der Waals surface area (Å²) in [5, 5.41) is 2.90. The maximum atomic E-state index is 11.6. The molecule has 0 aliphatic carbocycles. The average Bonchev–Trinajstić information content (AvgIpc) is 2.20. The van der Waals surface area contributed by atoms with Crippen molar-refractivity contribution in [1.29, 1.82) is 0 Å². The van der Waals surface area contributed by atoms with Crippen molar-refractivity contribution in [2.24, 2.45) is 5.73 Å². The zero-order valence-electron chi connectivity index (χ0n) is 10.8. The second-order valence-electron chi connectivity index (χ2n) is 4.47. The summed E-state index contributed by atoms with van der Waals surface area (Å²) in [7, 11) is 0. The van der Waals surface area contributed by atoms with E-state index in [1.54, 1.807) is 6.92 Å². The van der Waals surface area contributed by atoms with Gasteiger partial charge in [0.2, 0.25) is 5.91 Å². The lowest BCUT2D eigenvalue weighted by Gasteiger charge is -2.17. The van der Waals surface area contributed by atoms with E-state index in [4.69, 9.17) is 5.73 Å². The fourth-order valence-electron chi connectivity index (χ4n) is 1.58. The maximum Gasteiger partial charge on any atom is 0.241 e. The Labute approximate surface area is 109 Å². The number of nitrogens with two attached hydrogens (primary N) is 1. The smallest absolute Gasteiger partial charge is 0.241 e. The van der Waals surface area contributed by atoms with Crippen molar-refractivity contribution >= 4 is 24.0 Å². The van der Waals surface area contributed by atoms with E-state index in [2.05, 4.69) is 19.2 Å². The summed E-state index contributed by atoms with van der Waals surface area (Å²) in [6.45, 7) is 7.89. The first kappa shape index (κ1) is 15.9. The van der Waals surface area contributed by atoms with E-state index >= 15 is 0 Å². The van der Waals surface area contributed by atoms with Crippen LogP contribution in [0.15, 0.2) is 18.2 Å². The highest BCUT2D eigenvalue weighted by Crippen LogP contribution is 2.27. The number of carbonyl (C=O) groups excluding carboxylic acids is 1. The highest BCUT2D eigenvalue weighted by atomic mass is 35.5.